The van der Waals surface area contributed by atoms with E-state index in [4.69, 9.17) is 33.0 Å². The summed E-state index contributed by atoms with van der Waals surface area (Å²) in [6.07, 6.45) is -1.38. The van der Waals surface area contributed by atoms with Crippen LogP contribution in [0.3, 0.4) is 0 Å². The Morgan fingerprint density at radius 3 is 2.70 bits per heavy atom. The number of carbonyl (C=O) groups excluding carboxylic acids is 1. The predicted octanol–water partition coefficient (Wildman–Crippen LogP) is 2.31. The summed E-state index contributed by atoms with van der Waals surface area (Å²) < 4.78 is 5.27. The summed E-state index contributed by atoms with van der Waals surface area (Å²) in [5.74, 6) is -1.44. The van der Waals surface area contributed by atoms with Gasteiger partial charge in [-0.2, -0.15) is 0 Å². The summed E-state index contributed by atoms with van der Waals surface area (Å²) in [6.45, 7) is 2.02. The molecule has 2 atom stereocenters. The van der Waals surface area contributed by atoms with Crippen LogP contribution in [-0.4, -0.2) is 47.2 Å². The molecule has 0 spiro atoms. The van der Waals surface area contributed by atoms with Crippen LogP contribution < -0.4 is 0 Å². The third-order valence-electron chi connectivity index (χ3n) is 2.98. The summed E-state index contributed by atoms with van der Waals surface area (Å²) in [4.78, 5) is 24.9. The number of halogens is 2. The lowest BCUT2D eigenvalue weighted by Gasteiger charge is -2.35. The molecule has 7 heteroatoms. The summed E-state index contributed by atoms with van der Waals surface area (Å²) in [5.41, 5.74) is 0.261. The van der Waals surface area contributed by atoms with Crippen LogP contribution in [-0.2, 0) is 9.53 Å². The molecule has 0 bridgehead atoms. The van der Waals surface area contributed by atoms with E-state index in [-0.39, 0.29) is 29.1 Å². The molecule has 1 saturated heterocycles. The Bertz CT molecular complexity index is 549. The van der Waals surface area contributed by atoms with Crippen molar-refractivity contribution in [2.75, 3.05) is 13.1 Å². The molecular formula is C13H13Cl2NO4. The Hall–Kier alpha value is -1.30. The van der Waals surface area contributed by atoms with Gasteiger partial charge in [0.05, 0.1) is 23.2 Å². The third-order valence-corrected chi connectivity index (χ3v) is 3.55. The highest BCUT2D eigenvalue weighted by molar-refractivity contribution is 6.35. The highest BCUT2D eigenvalue weighted by atomic mass is 35.5. The van der Waals surface area contributed by atoms with Crippen molar-refractivity contribution >= 4 is 35.1 Å². The van der Waals surface area contributed by atoms with Gasteiger partial charge in [0.15, 0.2) is 6.10 Å². The van der Waals surface area contributed by atoms with Gasteiger partial charge in [-0.25, -0.2) is 4.79 Å². The molecule has 5 nitrogen and oxygen atoms in total. The van der Waals surface area contributed by atoms with Gasteiger partial charge in [-0.3, -0.25) is 4.79 Å². The van der Waals surface area contributed by atoms with Crippen LogP contribution in [0.4, 0.5) is 0 Å². The fourth-order valence-corrected chi connectivity index (χ4v) is 2.46. The van der Waals surface area contributed by atoms with Crippen molar-refractivity contribution in [2.45, 2.75) is 19.1 Å². The van der Waals surface area contributed by atoms with Crippen LogP contribution in [0.25, 0.3) is 0 Å². The number of amides is 1. The average Bonchev–Trinajstić information content (AvgIpc) is 2.40. The fraction of sp³-hybridized carbons (Fsp3) is 0.385. The molecule has 1 aliphatic rings. The van der Waals surface area contributed by atoms with E-state index in [1.54, 1.807) is 13.0 Å². The molecule has 1 N–H and O–H groups in total. The van der Waals surface area contributed by atoms with Gasteiger partial charge in [-0.15, -0.1) is 0 Å². The predicted molar refractivity (Wildman–Crippen MR) is 74.3 cm³/mol. The van der Waals surface area contributed by atoms with Crippen LogP contribution in [0.2, 0.25) is 10.0 Å². The number of carbonyl (C=O) groups is 2. The normalized spacial score (nSPS) is 22.6. The highest BCUT2D eigenvalue weighted by Gasteiger charge is 2.33. The maximum Gasteiger partial charge on any atom is 0.334 e. The van der Waals surface area contributed by atoms with Crippen molar-refractivity contribution in [3.8, 4) is 0 Å². The Kier molecular flexibility index (Phi) is 4.52. The van der Waals surface area contributed by atoms with Crippen LogP contribution in [0.15, 0.2) is 18.2 Å². The Morgan fingerprint density at radius 1 is 1.35 bits per heavy atom. The van der Waals surface area contributed by atoms with Crippen molar-refractivity contribution in [3.63, 3.8) is 0 Å². The molecule has 1 fully saturated rings. The largest absolute Gasteiger partial charge is 0.479 e. The number of carboxylic acid groups (broad SMARTS) is 1. The van der Waals surface area contributed by atoms with E-state index in [1.165, 1.54) is 17.0 Å². The number of carboxylic acids is 1. The molecule has 1 aromatic rings. The highest BCUT2D eigenvalue weighted by Crippen LogP contribution is 2.23. The number of benzene rings is 1. The van der Waals surface area contributed by atoms with E-state index in [9.17, 15) is 9.59 Å². The third kappa shape index (κ3) is 3.23. The van der Waals surface area contributed by atoms with Crippen molar-refractivity contribution in [3.05, 3.63) is 33.8 Å². The minimum absolute atomic E-state index is 0.0126. The Labute approximate surface area is 126 Å². The molecule has 0 aliphatic carbocycles. The fourth-order valence-electron chi connectivity index (χ4n) is 2.09. The lowest BCUT2D eigenvalue weighted by atomic mass is 10.1. The first-order valence-electron chi connectivity index (χ1n) is 6.01. The maximum atomic E-state index is 12.4. The summed E-state index contributed by atoms with van der Waals surface area (Å²) in [6, 6.07) is 4.60. The molecule has 2 rings (SSSR count). The topological polar surface area (TPSA) is 66.8 Å². The number of aliphatic carboxylic acids is 1. The standard InChI is InChI=1S/C13H13Cl2NO4/c1-7-5-16(6-11(20-7)13(18)19)12(17)9-4-8(14)2-3-10(9)15/h2-4,7,11H,5-6H2,1H3,(H,18,19)/t7-,11?/m1/s1. The summed E-state index contributed by atoms with van der Waals surface area (Å²) in [5, 5.41) is 9.69. The summed E-state index contributed by atoms with van der Waals surface area (Å²) in [7, 11) is 0. The van der Waals surface area contributed by atoms with E-state index < -0.39 is 12.1 Å². The molecule has 1 unspecified atom stereocenters. The van der Waals surface area contributed by atoms with Gasteiger partial charge in [0.1, 0.15) is 0 Å². The lowest BCUT2D eigenvalue weighted by Crippen LogP contribution is -2.51. The number of morpholine rings is 1. The molecular weight excluding hydrogens is 305 g/mol. The van der Waals surface area contributed by atoms with E-state index in [2.05, 4.69) is 0 Å². The van der Waals surface area contributed by atoms with Gasteiger partial charge < -0.3 is 14.7 Å². The zero-order valence-electron chi connectivity index (χ0n) is 10.7. The van der Waals surface area contributed by atoms with Gasteiger partial charge in [-0.1, -0.05) is 23.2 Å². The molecule has 1 heterocycles. The number of ether oxygens (including phenoxy) is 1. The smallest absolute Gasteiger partial charge is 0.334 e. The zero-order chi connectivity index (χ0) is 14.9. The van der Waals surface area contributed by atoms with Crippen LogP contribution in [0.5, 0.6) is 0 Å². The molecule has 1 aliphatic heterocycles. The van der Waals surface area contributed by atoms with Crippen LogP contribution in [0.1, 0.15) is 17.3 Å². The van der Waals surface area contributed by atoms with E-state index in [0.717, 1.165) is 0 Å². The minimum Gasteiger partial charge on any atom is -0.479 e. The lowest BCUT2D eigenvalue weighted by molar-refractivity contribution is -0.160. The monoisotopic (exact) mass is 317 g/mol. The minimum atomic E-state index is -1.09. The second kappa shape index (κ2) is 5.99. The first-order valence-corrected chi connectivity index (χ1v) is 6.76. The SMILES string of the molecule is C[C@@H]1CN(C(=O)c2cc(Cl)ccc2Cl)CC(C(=O)O)O1. The molecule has 1 aromatic carbocycles. The quantitative estimate of drug-likeness (QED) is 0.909. The van der Waals surface area contributed by atoms with E-state index in [0.29, 0.717) is 11.6 Å². The van der Waals surface area contributed by atoms with Crippen molar-refractivity contribution in [1.29, 1.82) is 0 Å². The number of hydrogen-bond acceptors (Lipinski definition) is 3. The maximum absolute atomic E-state index is 12.4. The second-order valence-electron chi connectivity index (χ2n) is 4.61. The molecule has 0 radical (unpaired) electrons. The van der Waals surface area contributed by atoms with Crippen molar-refractivity contribution in [2.24, 2.45) is 0 Å². The number of hydrogen-bond donors (Lipinski definition) is 1. The molecule has 0 saturated carbocycles. The van der Waals surface area contributed by atoms with Crippen LogP contribution >= 0.6 is 23.2 Å². The van der Waals surface area contributed by atoms with Gasteiger partial charge >= 0.3 is 5.97 Å². The molecule has 1 amide bonds. The van der Waals surface area contributed by atoms with Crippen molar-refractivity contribution < 1.29 is 19.4 Å². The summed E-state index contributed by atoms with van der Waals surface area (Å²) >= 11 is 11.9. The van der Waals surface area contributed by atoms with Crippen LogP contribution in [0, 0.1) is 0 Å². The zero-order valence-corrected chi connectivity index (χ0v) is 12.2. The van der Waals surface area contributed by atoms with Gasteiger partial charge in [0.2, 0.25) is 0 Å². The van der Waals surface area contributed by atoms with Gasteiger partial charge in [0.25, 0.3) is 5.91 Å². The number of nitrogens with zero attached hydrogens (tertiary/aromatic N) is 1. The average molecular weight is 318 g/mol. The first kappa shape index (κ1) is 15.1. The van der Waals surface area contributed by atoms with Crippen molar-refractivity contribution in [1.82, 2.24) is 4.90 Å². The molecule has 0 aromatic heterocycles. The Morgan fingerprint density at radius 2 is 2.05 bits per heavy atom. The second-order valence-corrected chi connectivity index (χ2v) is 5.45. The molecule has 108 valence electrons. The van der Waals surface area contributed by atoms with E-state index in [1.807, 2.05) is 0 Å². The van der Waals surface area contributed by atoms with E-state index >= 15 is 0 Å². The number of rotatable bonds is 2. The van der Waals surface area contributed by atoms with Gasteiger partial charge in [0, 0.05) is 11.6 Å². The first-order chi connectivity index (χ1) is 9.38. The van der Waals surface area contributed by atoms with Gasteiger partial charge in [-0.05, 0) is 25.1 Å². The Balaban J connectivity index is 2.23. The molecule has 20 heavy (non-hydrogen) atoms.